The van der Waals surface area contributed by atoms with Crippen molar-refractivity contribution in [1.82, 2.24) is 20.3 Å². The Morgan fingerprint density at radius 3 is 2.69 bits per heavy atom. The minimum atomic E-state index is -0.315. The third kappa shape index (κ3) is 4.78. The van der Waals surface area contributed by atoms with E-state index in [2.05, 4.69) is 20.9 Å². The first kappa shape index (κ1) is 19.1. The Bertz CT molecular complexity index is 967. The van der Waals surface area contributed by atoms with E-state index in [1.54, 1.807) is 53.3 Å². The molecule has 1 saturated heterocycles. The second-order valence-electron chi connectivity index (χ2n) is 6.92. The summed E-state index contributed by atoms with van der Waals surface area (Å²) in [5.41, 5.74) is 1.38. The molecule has 0 bridgehead atoms. The number of amides is 1. The zero-order chi connectivity index (χ0) is 20.1. The van der Waals surface area contributed by atoms with Gasteiger partial charge in [0.15, 0.2) is 5.69 Å². The number of carbonyl (C=O) groups excluding carboxylic acids is 1. The molecule has 0 saturated carbocycles. The second kappa shape index (κ2) is 8.83. The van der Waals surface area contributed by atoms with Crippen LogP contribution in [-0.2, 0) is 6.61 Å². The summed E-state index contributed by atoms with van der Waals surface area (Å²) >= 11 is 0. The number of hydrogen-bond acceptors (Lipinski definition) is 5. The summed E-state index contributed by atoms with van der Waals surface area (Å²) in [6.07, 6.45) is 3.63. The van der Waals surface area contributed by atoms with Crippen LogP contribution in [0.25, 0.3) is 0 Å². The molecule has 0 radical (unpaired) electrons. The fourth-order valence-electron chi connectivity index (χ4n) is 3.24. The Hall–Kier alpha value is -3.26. The average molecular weight is 395 g/mol. The van der Waals surface area contributed by atoms with Gasteiger partial charge in [-0.3, -0.25) is 4.79 Å². The molecule has 2 heterocycles. The van der Waals surface area contributed by atoms with Gasteiger partial charge in [-0.05, 0) is 56.3 Å². The number of anilines is 1. The molecule has 1 aliphatic rings. The maximum Gasteiger partial charge on any atom is 0.277 e. The number of piperidine rings is 1. The second-order valence-corrected chi connectivity index (χ2v) is 6.92. The maximum absolute atomic E-state index is 13.6. The Balaban J connectivity index is 1.33. The fraction of sp³-hybridized carbons (Fsp3) is 0.286. The molecule has 7 nitrogen and oxygen atoms in total. The highest BCUT2D eigenvalue weighted by atomic mass is 19.1. The van der Waals surface area contributed by atoms with Gasteiger partial charge in [0.25, 0.3) is 5.91 Å². The largest absolute Gasteiger partial charge is 0.489 e. The first-order valence-electron chi connectivity index (χ1n) is 9.59. The van der Waals surface area contributed by atoms with E-state index in [4.69, 9.17) is 4.74 Å². The maximum atomic E-state index is 13.6. The van der Waals surface area contributed by atoms with Gasteiger partial charge in [-0.15, -0.1) is 5.10 Å². The van der Waals surface area contributed by atoms with E-state index in [1.165, 1.54) is 6.07 Å². The molecular weight excluding hydrogens is 373 g/mol. The van der Waals surface area contributed by atoms with Crippen molar-refractivity contribution in [3.63, 3.8) is 0 Å². The zero-order valence-electron chi connectivity index (χ0n) is 15.8. The average Bonchev–Trinajstić information content (AvgIpc) is 3.25. The number of halogens is 1. The highest BCUT2D eigenvalue weighted by Crippen LogP contribution is 2.20. The minimum absolute atomic E-state index is 0.137. The topological polar surface area (TPSA) is 81.1 Å². The molecule has 1 amide bonds. The van der Waals surface area contributed by atoms with Gasteiger partial charge in [-0.1, -0.05) is 23.4 Å². The predicted octanol–water partition coefficient (Wildman–Crippen LogP) is 3.17. The summed E-state index contributed by atoms with van der Waals surface area (Å²) in [5, 5.41) is 14.2. The van der Waals surface area contributed by atoms with Crippen molar-refractivity contribution in [3.05, 3.63) is 71.8 Å². The summed E-state index contributed by atoms with van der Waals surface area (Å²) < 4.78 is 21.0. The molecule has 4 rings (SSSR count). The van der Waals surface area contributed by atoms with Crippen LogP contribution in [0, 0.1) is 5.82 Å². The number of nitrogens with zero attached hydrogens (tertiary/aromatic N) is 3. The summed E-state index contributed by atoms with van der Waals surface area (Å²) in [7, 11) is 0. The van der Waals surface area contributed by atoms with Crippen LogP contribution in [0.5, 0.6) is 5.75 Å². The number of hydrogen-bond donors (Lipinski definition) is 2. The summed E-state index contributed by atoms with van der Waals surface area (Å²) in [6.45, 7) is 2.02. The molecule has 0 spiro atoms. The monoisotopic (exact) mass is 395 g/mol. The molecule has 0 unspecified atom stereocenters. The summed E-state index contributed by atoms with van der Waals surface area (Å²) in [5.74, 6) is -0.0257. The SMILES string of the molecule is O=C(Nc1ccc(OCc2ccccc2F)cc1)c1cn(C2CCNCC2)nn1. The molecule has 2 aromatic carbocycles. The van der Waals surface area contributed by atoms with Crippen LogP contribution in [0.15, 0.2) is 54.7 Å². The van der Waals surface area contributed by atoms with Crippen LogP contribution in [0.4, 0.5) is 10.1 Å². The van der Waals surface area contributed by atoms with Crippen LogP contribution in [0.1, 0.15) is 34.9 Å². The highest BCUT2D eigenvalue weighted by Gasteiger charge is 2.18. The van der Waals surface area contributed by atoms with E-state index in [1.807, 2.05) is 0 Å². The number of carbonyl (C=O) groups is 1. The van der Waals surface area contributed by atoms with Gasteiger partial charge in [-0.25, -0.2) is 9.07 Å². The fourth-order valence-corrected chi connectivity index (χ4v) is 3.24. The molecule has 1 fully saturated rings. The molecule has 29 heavy (non-hydrogen) atoms. The van der Waals surface area contributed by atoms with Crippen LogP contribution in [0.3, 0.4) is 0 Å². The standard InChI is InChI=1S/C21H22FN5O2/c22-19-4-2-1-3-15(19)14-29-18-7-5-16(6-8-18)24-21(28)20-13-27(26-25-20)17-9-11-23-12-10-17/h1-8,13,17,23H,9-12,14H2,(H,24,28). The van der Waals surface area contributed by atoms with Crippen molar-refractivity contribution in [2.45, 2.75) is 25.5 Å². The Morgan fingerprint density at radius 1 is 1.17 bits per heavy atom. The van der Waals surface area contributed by atoms with Crippen molar-refractivity contribution in [2.24, 2.45) is 0 Å². The van der Waals surface area contributed by atoms with Crippen molar-refractivity contribution >= 4 is 11.6 Å². The van der Waals surface area contributed by atoms with E-state index in [0.717, 1.165) is 25.9 Å². The molecule has 1 aromatic heterocycles. The third-order valence-corrected chi connectivity index (χ3v) is 4.89. The van der Waals surface area contributed by atoms with Gasteiger partial charge in [0.2, 0.25) is 0 Å². The van der Waals surface area contributed by atoms with E-state index in [0.29, 0.717) is 17.0 Å². The normalized spacial score (nSPS) is 14.5. The zero-order valence-corrected chi connectivity index (χ0v) is 15.8. The lowest BCUT2D eigenvalue weighted by atomic mass is 10.1. The first-order chi connectivity index (χ1) is 14.2. The van der Waals surface area contributed by atoms with E-state index >= 15 is 0 Å². The van der Waals surface area contributed by atoms with Crippen molar-refractivity contribution in [2.75, 3.05) is 18.4 Å². The summed E-state index contributed by atoms with van der Waals surface area (Å²) in [6, 6.07) is 13.7. The summed E-state index contributed by atoms with van der Waals surface area (Å²) in [4.78, 5) is 12.4. The van der Waals surface area contributed by atoms with Crippen LogP contribution in [-0.4, -0.2) is 34.0 Å². The third-order valence-electron chi connectivity index (χ3n) is 4.89. The number of rotatable bonds is 6. The Kier molecular flexibility index (Phi) is 5.81. The minimum Gasteiger partial charge on any atom is -0.489 e. The van der Waals surface area contributed by atoms with Gasteiger partial charge in [0.05, 0.1) is 12.2 Å². The van der Waals surface area contributed by atoms with Gasteiger partial charge in [0.1, 0.15) is 18.2 Å². The first-order valence-corrected chi connectivity index (χ1v) is 9.59. The molecule has 2 N–H and O–H groups in total. The van der Waals surface area contributed by atoms with E-state index < -0.39 is 0 Å². The Labute approximate surface area is 167 Å². The number of nitrogens with one attached hydrogen (secondary N) is 2. The van der Waals surface area contributed by atoms with Crippen LogP contribution < -0.4 is 15.4 Å². The van der Waals surface area contributed by atoms with Gasteiger partial charge < -0.3 is 15.4 Å². The van der Waals surface area contributed by atoms with Crippen molar-refractivity contribution in [3.8, 4) is 5.75 Å². The lowest BCUT2D eigenvalue weighted by Crippen LogP contribution is -2.29. The molecule has 8 heteroatoms. The van der Waals surface area contributed by atoms with E-state index in [-0.39, 0.29) is 30.1 Å². The van der Waals surface area contributed by atoms with Crippen molar-refractivity contribution < 1.29 is 13.9 Å². The molecule has 0 atom stereocenters. The van der Waals surface area contributed by atoms with Crippen LogP contribution >= 0.6 is 0 Å². The smallest absolute Gasteiger partial charge is 0.277 e. The number of benzene rings is 2. The molecule has 150 valence electrons. The predicted molar refractivity (Wildman–Crippen MR) is 106 cm³/mol. The molecule has 3 aromatic rings. The van der Waals surface area contributed by atoms with Gasteiger partial charge >= 0.3 is 0 Å². The molecule has 0 aliphatic carbocycles. The number of aromatic nitrogens is 3. The highest BCUT2D eigenvalue weighted by molar-refractivity contribution is 6.02. The van der Waals surface area contributed by atoms with Crippen molar-refractivity contribution in [1.29, 1.82) is 0 Å². The molecular formula is C21H22FN5O2. The van der Waals surface area contributed by atoms with Gasteiger partial charge in [-0.2, -0.15) is 0 Å². The van der Waals surface area contributed by atoms with E-state index in [9.17, 15) is 9.18 Å². The van der Waals surface area contributed by atoms with Crippen LogP contribution in [0.2, 0.25) is 0 Å². The quantitative estimate of drug-likeness (QED) is 0.670. The lowest BCUT2D eigenvalue weighted by molar-refractivity contribution is 0.102. The Morgan fingerprint density at radius 2 is 1.93 bits per heavy atom. The lowest BCUT2D eigenvalue weighted by Gasteiger charge is -2.22. The number of ether oxygens (including phenoxy) is 1. The van der Waals surface area contributed by atoms with Gasteiger partial charge in [0, 0.05) is 11.3 Å². The molecule has 1 aliphatic heterocycles.